The van der Waals surface area contributed by atoms with Crippen LogP contribution in [-0.4, -0.2) is 25.3 Å². The largest absolute Gasteiger partial charge is 0.377 e. The van der Waals surface area contributed by atoms with Crippen LogP contribution < -0.4 is 5.32 Å². The predicted molar refractivity (Wildman–Crippen MR) is 74.6 cm³/mol. The Morgan fingerprint density at radius 2 is 2.00 bits per heavy atom. The van der Waals surface area contributed by atoms with Crippen molar-refractivity contribution in [2.75, 3.05) is 13.2 Å². The molecule has 104 valence electrons. The van der Waals surface area contributed by atoms with Crippen LogP contribution >= 0.6 is 0 Å². The molecule has 2 heteroatoms. The van der Waals surface area contributed by atoms with E-state index in [0.29, 0.717) is 16.9 Å². The minimum absolute atomic E-state index is 0.476. The van der Waals surface area contributed by atoms with Gasteiger partial charge in [0.15, 0.2) is 0 Å². The van der Waals surface area contributed by atoms with E-state index in [4.69, 9.17) is 4.74 Å². The fourth-order valence-electron chi connectivity index (χ4n) is 4.75. The van der Waals surface area contributed by atoms with Gasteiger partial charge in [0, 0.05) is 19.2 Å². The first-order valence-electron chi connectivity index (χ1n) is 7.89. The molecule has 0 spiro atoms. The van der Waals surface area contributed by atoms with E-state index in [1.165, 1.54) is 38.5 Å². The SMILES string of the molecule is CC1(C)C2CCC1(C)C(NCC1CCCCO1)C2. The van der Waals surface area contributed by atoms with Gasteiger partial charge in [-0.1, -0.05) is 20.8 Å². The Labute approximate surface area is 112 Å². The van der Waals surface area contributed by atoms with E-state index in [-0.39, 0.29) is 0 Å². The van der Waals surface area contributed by atoms with Crippen molar-refractivity contribution in [2.24, 2.45) is 16.7 Å². The summed E-state index contributed by atoms with van der Waals surface area (Å²) in [6, 6.07) is 0.719. The van der Waals surface area contributed by atoms with Crippen LogP contribution in [0.3, 0.4) is 0 Å². The molecule has 2 saturated carbocycles. The summed E-state index contributed by atoms with van der Waals surface area (Å²) in [4.78, 5) is 0. The zero-order chi connectivity index (χ0) is 12.8. The van der Waals surface area contributed by atoms with Crippen LogP contribution in [0, 0.1) is 16.7 Å². The highest BCUT2D eigenvalue weighted by Crippen LogP contribution is 2.65. The molecule has 2 nitrogen and oxygen atoms in total. The number of hydrogen-bond donors (Lipinski definition) is 1. The average molecular weight is 251 g/mol. The summed E-state index contributed by atoms with van der Waals surface area (Å²) in [5.41, 5.74) is 1.03. The van der Waals surface area contributed by atoms with Crippen LogP contribution in [0.2, 0.25) is 0 Å². The highest BCUT2D eigenvalue weighted by molar-refractivity contribution is 5.13. The molecule has 0 radical (unpaired) electrons. The molecule has 3 aliphatic rings. The normalized spacial score (nSPS) is 46.5. The van der Waals surface area contributed by atoms with Crippen LogP contribution in [0.25, 0.3) is 0 Å². The molecule has 0 aromatic carbocycles. The summed E-state index contributed by atoms with van der Waals surface area (Å²) in [7, 11) is 0. The summed E-state index contributed by atoms with van der Waals surface area (Å²) >= 11 is 0. The van der Waals surface area contributed by atoms with E-state index >= 15 is 0 Å². The molecule has 1 saturated heterocycles. The Hall–Kier alpha value is -0.0800. The predicted octanol–water partition coefficient (Wildman–Crippen LogP) is 3.36. The molecule has 18 heavy (non-hydrogen) atoms. The van der Waals surface area contributed by atoms with Crippen molar-refractivity contribution in [1.29, 1.82) is 0 Å². The van der Waals surface area contributed by atoms with Gasteiger partial charge in [0.1, 0.15) is 0 Å². The number of ether oxygens (including phenoxy) is 1. The van der Waals surface area contributed by atoms with Crippen molar-refractivity contribution < 1.29 is 4.74 Å². The Morgan fingerprint density at radius 3 is 2.56 bits per heavy atom. The molecule has 1 aliphatic heterocycles. The maximum Gasteiger partial charge on any atom is 0.0699 e. The van der Waals surface area contributed by atoms with E-state index in [2.05, 4.69) is 26.1 Å². The molecule has 1 N–H and O–H groups in total. The number of hydrogen-bond acceptors (Lipinski definition) is 2. The molecule has 3 fully saturated rings. The van der Waals surface area contributed by atoms with Gasteiger partial charge in [0.2, 0.25) is 0 Å². The first-order valence-corrected chi connectivity index (χ1v) is 7.89. The number of rotatable bonds is 3. The quantitative estimate of drug-likeness (QED) is 0.830. The lowest BCUT2D eigenvalue weighted by Gasteiger charge is -2.40. The first kappa shape index (κ1) is 12.9. The van der Waals surface area contributed by atoms with Gasteiger partial charge >= 0.3 is 0 Å². The van der Waals surface area contributed by atoms with Crippen molar-refractivity contribution in [3.05, 3.63) is 0 Å². The molecule has 1 heterocycles. The molecule has 2 bridgehead atoms. The van der Waals surface area contributed by atoms with E-state index < -0.39 is 0 Å². The zero-order valence-electron chi connectivity index (χ0n) is 12.3. The maximum atomic E-state index is 5.84. The molecular weight excluding hydrogens is 222 g/mol. The minimum Gasteiger partial charge on any atom is -0.377 e. The second-order valence-electron chi connectivity index (χ2n) is 7.56. The Bertz CT molecular complexity index is 308. The molecule has 2 aliphatic carbocycles. The van der Waals surface area contributed by atoms with Crippen LogP contribution in [-0.2, 0) is 4.74 Å². The third-order valence-corrected chi connectivity index (χ3v) is 6.66. The van der Waals surface area contributed by atoms with E-state index in [0.717, 1.165) is 25.1 Å². The smallest absolute Gasteiger partial charge is 0.0699 e. The summed E-state index contributed by atoms with van der Waals surface area (Å²) < 4.78 is 5.84. The van der Waals surface area contributed by atoms with Gasteiger partial charge in [-0.2, -0.15) is 0 Å². The second kappa shape index (κ2) is 4.49. The van der Waals surface area contributed by atoms with Crippen molar-refractivity contribution in [3.63, 3.8) is 0 Å². The van der Waals surface area contributed by atoms with E-state index in [1.54, 1.807) is 0 Å². The lowest BCUT2D eigenvalue weighted by molar-refractivity contribution is 0.0105. The van der Waals surface area contributed by atoms with Crippen LogP contribution in [0.5, 0.6) is 0 Å². The third kappa shape index (κ3) is 1.84. The van der Waals surface area contributed by atoms with Crippen LogP contribution in [0.1, 0.15) is 59.3 Å². The van der Waals surface area contributed by atoms with Crippen molar-refractivity contribution in [2.45, 2.75) is 71.4 Å². The van der Waals surface area contributed by atoms with Crippen molar-refractivity contribution in [1.82, 2.24) is 5.32 Å². The zero-order valence-corrected chi connectivity index (χ0v) is 12.3. The number of nitrogens with one attached hydrogen (secondary N) is 1. The van der Waals surface area contributed by atoms with Gasteiger partial charge in [-0.15, -0.1) is 0 Å². The topological polar surface area (TPSA) is 21.3 Å². The van der Waals surface area contributed by atoms with Gasteiger partial charge in [0.05, 0.1) is 6.10 Å². The average Bonchev–Trinajstić information content (AvgIpc) is 2.70. The monoisotopic (exact) mass is 251 g/mol. The molecule has 0 amide bonds. The Morgan fingerprint density at radius 1 is 1.17 bits per heavy atom. The van der Waals surface area contributed by atoms with E-state index in [9.17, 15) is 0 Å². The van der Waals surface area contributed by atoms with Gasteiger partial charge in [-0.05, 0) is 55.3 Å². The van der Waals surface area contributed by atoms with Gasteiger partial charge in [-0.3, -0.25) is 0 Å². The van der Waals surface area contributed by atoms with Crippen LogP contribution in [0.15, 0.2) is 0 Å². The molecule has 4 atom stereocenters. The van der Waals surface area contributed by atoms with Gasteiger partial charge in [0.25, 0.3) is 0 Å². The van der Waals surface area contributed by atoms with Gasteiger partial charge < -0.3 is 10.1 Å². The fourth-order valence-corrected chi connectivity index (χ4v) is 4.75. The van der Waals surface area contributed by atoms with Crippen LogP contribution in [0.4, 0.5) is 0 Å². The fraction of sp³-hybridized carbons (Fsp3) is 1.00. The third-order valence-electron chi connectivity index (χ3n) is 6.66. The first-order chi connectivity index (χ1) is 8.54. The molecular formula is C16H29NO. The summed E-state index contributed by atoms with van der Waals surface area (Å²) in [6.07, 6.45) is 8.58. The standard InChI is InChI=1S/C16H29NO/c1-15(2)12-7-8-16(15,3)14(10-12)17-11-13-6-4-5-9-18-13/h12-14,17H,4-11H2,1-3H3. The minimum atomic E-state index is 0.476. The van der Waals surface area contributed by atoms with Crippen molar-refractivity contribution >= 4 is 0 Å². The number of fused-ring (bicyclic) bond motifs is 2. The summed E-state index contributed by atoms with van der Waals surface area (Å²) in [5, 5.41) is 3.85. The summed E-state index contributed by atoms with van der Waals surface area (Å²) in [6.45, 7) is 9.54. The lowest BCUT2D eigenvalue weighted by Crippen LogP contribution is -2.47. The molecule has 0 aromatic heterocycles. The molecule has 4 unspecified atom stereocenters. The Kier molecular flexibility index (Phi) is 3.22. The summed E-state index contributed by atoms with van der Waals surface area (Å²) in [5.74, 6) is 0.937. The second-order valence-corrected chi connectivity index (χ2v) is 7.56. The lowest BCUT2D eigenvalue weighted by atomic mass is 9.69. The van der Waals surface area contributed by atoms with Gasteiger partial charge in [-0.25, -0.2) is 0 Å². The van der Waals surface area contributed by atoms with E-state index in [1.807, 2.05) is 0 Å². The highest BCUT2D eigenvalue weighted by atomic mass is 16.5. The Balaban J connectivity index is 1.58. The molecule has 0 aromatic rings. The highest BCUT2D eigenvalue weighted by Gasteiger charge is 2.61. The molecule has 3 rings (SSSR count). The van der Waals surface area contributed by atoms with Crippen molar-refractivity contribution in [3.8, 4) is 0 Å². The maximum absolute atomic E-state index is 5.84.